The van der Waals surface area contributed by atoms with Crippen LogP contribution in [0, 0.1) is 0 Å². The molecule has 0 bridgehead atoms. The third-order valence-corrected chi connectivity index (χ3v) is 12.4. The summed E-state index contributed by atoms with van der Waals surface area (Å²) >= 11 is 0. The Bertz CT molecular complexity index is 3770. The number of fused-ring (bicyclic) bond motifs is 16. The molecule has 0 saturated heterocycles. The predicted molar refractivity (Wildman–Crippen MR) is 242 cm³/mol. The molecule has 0 aliphatic heterocycles. The summed E-state index contributed by atoms with van der Waals surface area (Å²) in [6, 6.07) is 74.1. The SMILES string of the molecule is c1ccc2c(c1)c1ccccc1c1cc(-n3c4ccccc4c4ccccc43)cc3c4ccccc4n(c4cc(-n5c6ccccc6c6ccccc65)ccc24)c13. The van der Waals surface area contributed by atoms with Gasteiger partial charge in [0.1, 0.15) is 0 Å². The minimum Gasteiger partial charge on any atom is -0.309 e. The first-order valence-electron chi connectivity index (χ1n) is 19.7. The first-order chi connectivity index (χ1) is 28.3. The first-order valence-corrected chi connectivity index (χ1v) is 19.7. The highest BCUT2D eigenvalue weighted by atomic mass is 15.0. The van der Waals surface area contributed by atoms with Crippen molar-refractivity contribution in [3.63, 3.8) is 0 Å². The molecule has 57 heavy (non-hydrogen) atoms. The lowest BCUT2D eigenvalue weighted by molar-refractivity contribution is 1.18. The van der Waals surface area contributed by atoms with Gasteiger partial charge >= 0.3 is 0 Å². The Morgan fingerprint density at radius 2 is 0.526 bits per heavy atom. The van der Waals surface area contributed by atoms with Crippen molar-refractivity contribution in [2.75, 3.05) is 0 Å². The molecule has 4 aromatic heterocycles. The summed E-state index contributed by atoms with van der Waals surface area (Å²) in [5.41, 5.74) is 10.7. The monoisotopic (exact) mass is 723 g/mol. The number of hydrogen-bond donors (Lipinski definition) is 0. The van der Waals surface area contributed by atoms with Gasteiger partial charge in [-0.25, -0.2) is 0 Å². The highest BCUT2D eigenvalue weighted by molar-refractivity contribution is 6.26. The van der Waals surface area contributed by atoms with Crippen molar-refractivity contribution >= 4 is 103 Å². The van der Waals surface area contributed by atoms with Crippen LogP contribution >= 0.6 is 0 Å². The molecule has 0 unspecified atom stereocenters. The summed E-state index contributed by atoms with van der Waals surface area (Å²) in [7, 11) is 0. The maximum atomic E-state index is 2.56. The van der Waals surface area contributed by atoms with Crippen molar-refractivity contribution in [1.29, 1.82) is 0 Å². The van der Waals surface area contributed by atoms with Crippen molar-refractivity contribution in [3.8, 4) is 11.4 Å². The van der Waals surface area contributed by atoms with Crippen LogP contribution in [0.1, 0.15) is 0 Å². The molecular formula is C54H33N3. The summed E-state index contributed by atoms with van der Waals surface area (Å²) in [5, 5.41) is 14.8. The average Bonchev–Trinajstić information content (AvgIpc) is 3.92. The summed E-state index contributed by atoms with van der Waals surface area (Å²) in [4.78, 5) is 0. The lowest BCUT2D eigenvalue weighted by Gasteiger charge is -2.12. The molecule has 3 heteroatoms. The molecule has 0 amide bonds. The van der Waals surface area contributed by atoms with Gasteiger partial charge in [-0.1, -0.05) is 146 Å². The Balaban J connectivity index is 1.30. The number of para-hydroxylation sites is 5. The van der Waals surface area contributed by atoms with E-state index in [0.717, 1.165) is 16.9 Å². The van der Waals surface area contributed by atoms with Crippen LogP contribution in [0.5, 0.6) is 0 Å². The van der Waals surface area contributed by atoms with E-state index < -0.39 is 0 Å². The molecule has 13 aromatic rings. The van der Waals surface area contributed by atoms with E-state index >= 15 is 0 Å². The molecule has 0 radical (unpaired) electrons. The van der Waals surface area contributed by atoms with Gasteiger partial charge in [0.05, 0.1) is 38.6 Å². The van der Waals surface area contributed by atoms with Crippen molar-refractivity contribution in [2.24, 2.45) is 0 Å². The van der Waals surface area contributed by atoms with E-state index in [-0.39, 0.29) is 0 Å². The number of rotatable bonds is 2. The first kappa shape index (κ1) is 30.7. The second kappa shape index (κ2) is 11.5. The zero-order valence-corrected chi connectivity index (χ0v) is 30.9. The molecule has 3 nitrogen and oxygen atoms in total. The Labute approximate surface area is 327 Å². The third-order valence-electron chi connectivity index (χ3n) is 12.4. The van der Waals surface area contributed by atoms with Crippen molar-refractivity contribution < 1.29 is 0 Å². The van der Waals surface area contributed by atoms with E-state index in [2.05, 4.69) is 214 Å². The van der Waals surface area contributed by atoms with Crippen LogP contribution in [-0.2, 0) is 0 Å². The maximum absolute atomic E-state index is 2.56. The second-order valence-electron chi connectivity index (χ2n) is 15.3. The Morgan fingerprint density at radius 1 is 0.211 bits per heavy atom. The van der Waals surface area contributed by atoms with Crippen LogP contribution in [0.4, 0.5) is 0 Å². The number of hydrogen-bond acceptors (Lipinski definition) is 0. The largest absolute Gasteiger partial charge is 0.309 e. The molecule has 0 spiro atoms. The number of nitrogens with zero attached hydrogens (tertiary/aromatic N) is 3. The Kier molecular flexibility index (Phi) is 6.16. The van der Waals surface area contributed by atoms with Gasteiger partial charge < -0.3 is 13.5 Å². The molecule has 4 heterocycles. The molecule has 0 saturated carbocycles. The molecule has 0 N–H and O–H groups in total. The average molecular weight is 724 g/mol. The van der Waals surface area contributed by atoms with Gasteiger partial charge in [0.15, 0.2) is 0 Å². The van der Waals surface area contributed by atoms with Crippen LogP contribution in [0.2, 0.25) is 0 Å². The summed E-state index contributed by atoms with van der Waals surface area (Å²) in [6.45, 7) is 0. The normalized spacial score (nSPS) is 12.2. The summed E-state index contributed by atoms with van der Waals surface area (Å²) < 4.78 is 7.46. The molecule has 0 aliphatic rings. The van der Waals surface area contributed by atoms with Crippen molar-refractivity contribution in [2.45, 2.75) is 0 Å². The highest BCUT2D eigenvalue weighted by Gasteiger charge is 2.20. The number of benzene rings is 9. The molecule has 9 aromatic carbocycles. The number of aromatic nitrogens is 3. The van der Waals surface area contributed by atoms with Crippen LogP contribution in [-0.4, -0.2) is 13.5 Å². The minimum absolute atomic E-state index is 1.13. The molecule has 0 aliphatic carbocycles. The van der Waals surface area contributed by atoms with Crippen LogP contribution in [0.25, 0.3) is 115 Å². The van der Waals surface area contributed by atoms with Crippen molar-refractivity contribution in [1.82, 2.24) is 13.5 Å². The van der Waals surface area contributed by atoms with Crippen LogP contribution in [0.3, 0.4) is 0 Å². The van der Waals surface area contributed by atoms with Gasteiger partial charge in [0, 0.05) is 54.5 Å². The lowest BCUT2D eigenvalue weighted by Crippen LogP contribution is -1.96. The summed E-state index contributed by atoms with van der Waals surface area (Å²) in [6.07, 6.45) is 0. The molecule has 264 valence electrons. The minimum atomic E-state index is 1.13. The van der Waals surface area contributed by atoms with E-state index in [4.69, 9.17) is 0 Å². The van der Waals surface area contributed by atoms with Gasteiger partial charge in [-0.2, -0.15) is 0 Å². The van der Waals surface area contributed by atoms with E-state index in [9.17, 15) is 0 Å². The van der Waals surface area contributed by atoms with E-state index in [1.54, 1.807) is 0 Å². The third kappa shape index (κ3) is 4.15. The smallest absolute Gasteiger partial charge is 0.0621 e. The van der Waals surface area contributed by atoms with E-state index in [0.29, 0.717) is 0 Å². The zero-order chi connectivity index (χ0) is 37.2. The summed E-state index contributed by atoms with van der Waals surface area (Å²) in [5.74, 6) is 0. The van der Waals surface area contributed by atoms with Gasteiger partial charge in [-0.3, -0.25) is 0 Å². The van der Waals surface area contributed by atoms with E-state index in [1.165, 1.54) is 97.7 Å². The fourth-order valence-electron chi connectivity index (χ4n) is 10.0. The van der Waals surface area contributed by atoms with Gasteiger partial charge in [0.25, 0.3) is 0 Å². The standard InChI is InChI=1S/C54H33N3/c1-3-17-38-36(15-1)37-16-2-4-18-39(37)46-31-35(56-50-26-12-7-21-42(50)43-22-8-13-27-51(43)56)32-47-44-23-9-14-28-52(44)57(54(46)47)53-33-34(29-30-45(38)53)55-48-24-10-5-19-40(48)41-20-6-11-25-49(41)55/h1-33H. The van der Waals surface area contributed by atoms with Crippen LogP contribution < -0.4 is 0 Å². The fourth-order valence-corrected chi connectivity index (χ4v) is 10.0. The van der Waals surface area contributed by atoms with Crippen LogP contribution in [0.15, 0.2) is 200 Å². The fraction of sp³-hybridized carbons (Fsp3) is 0. The maximum Gasteiger partial charge on any atom is 0.0621 e. The molecule has 0 fully saturated rings. The predicted octanol–water partition coefficient (Wildman–Crippen LogP) is 14.5. The van der Waals surface area contributed by atoms with Crippen molar-refractivity contribution in [3.05, 3.63) is 200 Å². The quantitative estimate of drug-likeness (QED) is 0.169. The lowest BCUT2D eigenvalue weighted by atomic mass is 10.00. The Hall–Kier alpha value is -7.62. The van der Waals surface area contributed by atoms with E-state index in [1.807, 2.05) is 0 Å². The second-order valence-corrected chi connectivity index (χ2v) is 15.3. The topological polar surface area (TPSA) is 14.3 Å². The molecule has 13 rings (SSSR count). The highest BCUT2D eigenvalue weighted by Crippen LogP contribution is 2.42. The van der Waals surface area contributed by atoms with Gasteiger partial charge in [0.2, 0.25) is 0 Å². The molecular weight excluding hydrogens is 691 g/mol. The molecule has 0 atom stereocenters. The Morgan fingerprint density at radius 3 is 1.00 bits per heavy atom. The zero-order valence-electron chi connectivity index (χ0n) is 30.9. The van der Waals surface area contributed by atoms with Gasteiger partial charge in [-0.05, 0) is 76.1 Å². The van der Waals surface area contributed by atoms with Gasteiger partial charge in [-0.15, -0.1) is 0 Å².